The molecule has 7 nitrogen and oxygen atoms in total. The van der Waals surface area contributed by atoms with E-state index in [1.165, 1.54) is 6.33 Å². The second kappa shape index (κ2) is 6.33. The first-order valence-corrected chi connectivity index (χ1v) is 8.34. The molecule has 0 saturated carbocycles. The van der Waals surface area contributed by atoms with E-state index < -0.39 is 0 Å². The molecule has 0 radical (unpaired) electrons. The molecular formula is C17H16ClN5O2. The van der Waals surface area contributed by atoms with E-state index in [0.717, 1.165) is 6.54 Å². The molecule has 8 heteroatoms. The number of aryl methyl sites for hydroxylation is 1. The maximum absolute atomic E-state index is 12.9. The summed E-state index contributed by atoms with van der Waals surface area (Å²) < 4.78 is 7.06. The highest BCUT2D eigenvalue weighted by atomic mass is 35.5. The average Bonchev–Trinajstić information content (AvgIpc) is 3.20. The number of aromatic nitrogens is 4. The van der Waals surface area contributed by atoms with Crippen LogP contribution in [0.4, 0.5) is 0 Å². The van der Waals surface area contributed by atoms with Crippen LogP contribution in [0.25, 0.3) is 11.3 Å². The Labute approximate surface area is 149 Å². The van der Waals surface area contributed by atoms with Crippen molar-refractivity contribution in [3.8, 4) is 11.3 Å². The van der Waals surface area contributed by atoms with E-state index in [0.29, 0.717) is 46.6 Å². The number of nitrogens with zero attached hydrogens (tertiary/aromatic N) is 5. The first-order valence-electron chi connectivity index (χ1n) is 7.96. The van der Waals surface area contributed by atoms with E-state index in [9.17, 15) is 4.79 Å². The van der Waals surface area contributed by atoms with E-state index in [1.54, 1.807) is 28.9 Å². The number of carbonyl (C=O) groups is 1. The average molecular weight is 358 g/mol. The summed E-state index contributed by atoms with van der Waals surface area (Å²) in [7, 11) is 0. The number of halogens is 1. The molecule has 0 N–H and O–H groups in total. The molecule has 0 atom stereocenters. The third kappa shape index (κ3) is 2.91. The minimum absolute atomic E-state index is 0.0801. The van der Waals surface area contributed by atoms with Crippen LogP contribution in [0.2, 0.25) is 5.02 Å². The molecular weight excluding hydrogens is 342 g/mol. The van der Waals surface area contributed by atoms with Gasteiger partial charge in [0.05, 0.1) is 5.02 Å². The Morgan fingerprint density at radius 3 is 2.88 bits per heavy atom. The zero-order valence-electron chi connectivity index (χ0n) is 13.6. The second-order valence-electron chi connectivity index (χ2n) is 6.14. The third-order valence-electron chi connectivity index (χ3n) is 4.36. The molecule has 3 heterocycles. The van der Waals surface area contributed by atoms with Gasteiger partial charge in [-0.25, -0.2) is 4.98 Å². The van der Waals surface area contributed by atoms with E-state index in [1.807, 2.05) is 18.2 Å². The van der Waals surface area contributed by atoms with Gasteiger partial charge in [0.1, 0.15) is 29.7 Å². The van der Waals surface area contributed by atoms with E-state index in [4.69, 9.17) is 16.1 Å². The Kier molecular flexibility index (Phi) is 4.01. The van der Waals surface area contributed by atoms with Gasteiger partial charge < -0.3 is 9.42 Å². The standard InChI is InChI=1S/C17H16ClN5O2/c1-11-15(16(21-25-11)13-4-2-3-5-14(13)18)17(24)22-6-12(7-22)8-23-10-19-9-20-23/h2-5,9-10,12H,6-8H2,1H3. The molecule has 3 aromatic rings. The first kappa shape index (κ1) is 15.8. The minimum atomic E-state index is -0.0801. The van der Waals surface area contributed by atoms with Gasteiger partial charge in [-0.15, -0.1) is 0 Å². The Morgan fingerprint density at radius 1 is 1.36 bits per heavy atom. The summed E-state index contributed by atoms with van der Waals surface area (Å²) in [5.74, 6) is 0.790. The monoisotopic (exact) mass is 357 g/mol. The molecule has 0 spiro atoms. The molecule has 2 aromatic heterocycles. The second-order valence-corrected chi connectivity index (χ2v) is 6.54. The third-order valence-corrected chi connectivity index (χ3v) is 4.69. The van der Waals surface area contributed by atoms with Gasteiger partial charge in [0.25, 0.3) is 5.91 Å². The number of rotatable bonds is 4. The van der Waals surface area contributed by atoms with Crippen molar-refractivity contribution in [1.29, 1.82) is 0 Å². The fraction of sp³-hybridized carbons (Fsp3) is 0.294. The molecule has 0 bridgehead atoms. The van der Waals surface area contributed by atoms with Crippen LogP contribution in [0.5, 0.6) is 0 Å². The van der Waals surface area contributed by atoms with Gasteiger partial charge in [0, 0.05) is 31.1 Å². The molecule has 1 aliphatic rings. The van der Waals surface area contributed by atoms with Crippen LogP contribution in [-0.2, 0) is 6.54 Å². The van der Waals surface area contributed by atoms with Crippen molar-refractivity contribution < 1.29 is 9.32 Å². The molecule has 1 aromatic carbocycles. The largest absolute Gasteiger partial charge is 0.360 e. The predicted octanol–water partition coefficient (Wildman–Crippen LogP) is 2.67. The van der Waals surface area contributed by atoms with Crippen molar-refractivity contribution in [2.24, 2.45) is 5.92 Å². The van der Waals surface area contributed by atoms with Crippen LogP contribution < -0.4 is 0 Å². The zero-order valence-corrected chi connectivity index (χ0v) is 14.3. The Bertz CT molecular complexity index is 900. The quantitative estimate of drug-likeness (QED) is 0.717. The van der Waals surface area contributed by atoms with Crippen LogP contribution in [0.15, 0.2) is 41.4 Å². The summed E-state index contributed by atoms with van der Waals surface area (Å²) in [4.78, 5) is 18.6. The molecule has 0 aliphatic carbocycles. The highest BCUT2D eigenvalue weighted by Crippen LogP contribution is 2.33. The summed E-state index contributed by atoms with van der Waals surface area (Å²) in [6.45, 7) is 3.84. The van der Waals surface area contributed by atoms with E-state index >= 15 is 0 Å². The maximum Gasteiger partial charge on any atom is 0.259 e. The molecule has 0 unspecified atom stereocenters. The SMILES string of the molecule is Cc1onc(-c2ccccc2Cl)c1C(=O)N1CC(Cn2cncn2)C1. The minimum Gasteiger partial charge on any atom is -0.360 e. The lowest BCUT2D eigenvalue weighted by Crippen LogP contribution is -2.51. The fourth-order valence-electron chi connectivity index (χ4n) is 3.06. The maximum atomic E-state index is 12.9. The summed E-state index contributed by atoms with van der Waals surface area (Å²) in [6.07, 6.45) is 3.20. The van der Waals surface area contributed by atoms with Crippen molar-refractivity contribution in [2.75, 3.05) is 13.1 Å². The number of hydrogen-bond donors (Lipinski definition) is 0. The van der Waals surface area contributed by atoms with E-state index in [-0.39, 0.29) is 5.91 Å². The lowest BCUT2D eigenvalue weighted by Gasteiger charge is -2.39. The molecule has 1 saturated heterocycles. The Morgan fingerprint density at radius 2 is 2.16 bits per heavy atom. The van der Waals surface area contributed by atoms with Crippen LogP contribution in [0.3, 0.4) is 0 Å². The summed E-state index contributed by atoms with van der Waals surface area (Å²) >= 11 is 6.25. The Balaban J connectivity index is 1.52. The molecule has 128 valence electrons. The van der Waals surface area contributed by atoms with Gasteiger partial charge >= 0.3 is 0 Å². The van der Waals surface area contributed by atoms with Gasteiger partial charge in [0.2, 0.25) is 0 Å². The highest BCUT2D eigenvalue weighted by Gasteiger charge is 2.35. The van der Waals surface area contributed by atoms with Crippen LogP contribution in [0, 0.1) is 12.8 Å². The van der Waals surface area contributed by atoms with Crippen molar-refractivity contribution in [1.82, 2.24) is 24.8 Å². The fourth-order valence-corrected chi connectivity index (χ4v) is 3.29. The van der Waals surface area contributed by atoms with Crippen molar-refractivity contribution in [2.45, 2.75) is 13.5 Å². The van der Waals surface area contributed by atoms with Crippen molar-refractivity contribution in [3.05, 3.63) is 53.3 Å². The van der Waals surface area contributed by atoms with Gasteiger partial charge in [-0.3, -0.25) is 9.48 Å². The normalized spacial score (nSPS) is 14.6. The number of amides is 1. The summed E-state index contributed by atoms with van der Waals surface area (Å²) in [5, 5.41) is 8.70. The molecule has 1 aliphatic heterocycles. The first-order chi connectivity index (χ1) is 12.1. The molecule has 25 heavy (non-hydrogen) atoms. The summed E-state index contributed by atoms with van der Waals surface area (Å²) in [6, 6.07) is 7.30. The smallest absolute Gasteiger partial charge is 0.259 e. The number of likely N-dealkylation sites (tertiary alicyclic amines) is 1. The number of carbonyl (C=O) groups excluding carboxylic acids is 1. The molecule has 1 amide bonds. The predicted molar refractivity (Wildman–Crippen MR) is 91.1 cm³/mol. The van der Waals surface area contributed by atoms with Crippen LogP contribution in [0.1, 0.15) is 16.1 Å². The van der Waals surface area contributed by atoms with Gasteiger partial charge in [-0.1, -0.05) is 35.0 Å². The number of hydrogen-bond acceptors (Lipinski definition) is 5. The van der Waals surface area contributed by atoms with Gasteiger partial charge in [0.15, 0.2) is 0 Å². The van der Waals surface area contributed by atoms with E-state index in [2.05, 4.69) is 15.2 Å². The Hall–Kier alpha value is -2.67. The van der Waals surface area contributed by atoms with Crippen molar-refractivity contribution >= 4 is 17.5 Å². The summed E-state index contributed by atoms with van der Waals surface area (Å²) in [5.41, 5.74) is 1.67. The highest BCUT2D eigenvalue weighted by molar-refractivity contribution is 6.33. The van der Waals surface area contributed by atoms with Gasteiger partial charge in [-0.2, -0.15) is 5.10 Å². The van der Waals surface area contributed by atoms with Gasteiger partial charge in [-0.05, 0) is 13.0 Å². The molecule has 1 fully saturated rings. The van der Waals surface area contributed by atoms with Crippen LogP contribution in [-0.4, -0.2) is 43.8 Å². The molecule has 4 rings (SSSR count). The topological polar surface area (TPSA) is 77.0 Å². The number of benzene rings is 1. The lowest BCUT2D eigenvalue weighted by molar-refractivity contribution is 0.0460. The zero-order chi connectivity index (χ0) is 17.4. The van der Waals surface area contributed by atoms with Crippen LogP contribution >= 0.6 is 11.6 Å². The lowest BCUT2D eigenvalue weighted by atomic mass is 9.97. The van der Waals surface area contributed by atoms with Crippen molar-refractivity contribution in [3.63, 3.8) is 0 Å².